The Labute approximate surface area is 140 Å². The van der Waals surface area contributed by atoms with Crippen LogP contribution < -0.4 is 10.6 Å². The highest BCUT2D eigenvalue weighted by Gasteiger charge is 2.18. The van der Waals surface area contributed by atoms with Crippen molar-refractivity contribution in [1.82, 2.24) is 10.3 Å². The maximum Gasteiger partial charge on any atom is 0.257 e. The summed E-state index contributed by atoms with van der Waals surface area (Å²) in [4.78, 5) is 17.9. The molecule has 0 aliphatic carbocycles. The van der Waals surface area contributed by atoms with E-state index in [0.717, 1.165) is 31.5 Å². The van der Waals surface area contributed by atoms with Crippen LogP contribution in [0, 0.1) is 0 Å². The summed E-state index contributed by atoms with van der Waals surface area (Å²) in [5, 5.41) is 6.93. The summed E-state index contributed by atoms with van der Waals surface area (Å²) in [5.74, 6) is 0.438. The molecule has 3 rings (SSSR count). The maximum atomic E-state index is 12.3. The predicted molar refractivity (Wildman–Crippen MR) is 92.1 cm³/mol. The summed E-state index contributed by atoms with van der Waals surface area (Å²) in [5.41, 5.74) is 1.68. The highest BCUT2D eigenvalue weighted by molar-refractivity contribution is 7.15. The third-order valence-corrected chi connectivity index (χ3v) is 5.09. The van der Waals surface area contributed by atoms with Crippen LogP contribution >= 0.6 is 11.3 Å². The number of benzene rings is 1. The minimum Gasteiger partial charge on any atom is -0.380 e. The molecule has 2 aromatic rings. The largest absolute Gasteiger partial charge is 0.380 e. The number of aromatic nitrogens is 1. The zero-order valence-corrected chi connectivity index (χ0v) is 14.0. The summed E-state index contributed by atoms with van der Waals surface area (Å²) in [6, 6.07) is 7.43. The molecule has 6 heteroatoms. The minimum atomic E-state index is -0.125. The average molecular weight is 331 g/mol. The summed E-state index contributed by atoms with van der Waals surface area (Å²) in [6.07, 6.45) is 4.17. The second-order valence-corrected chi connectivity index (χ2v) is 6.74. The van der Waals surface area contributed by atoms with Crippen molar-refractivity contribution < 1.29 is 9.53 Å². The van der Waals surface area contributed by atoms with Gasteiger partial charge in [0.15, 0.2) is 5.13 Å². The van der Waals surface area contributed by atoms with Crippen LogP contribution in [0.15, 0.2) is 30.5 Å². The van der Waals surface area contributed by atoms with Gasteiger partial charge in [0.25, 0.3) is 5.91 Å². The van der Waals surface area contributed by atoms with Crippen molar-refractivity contribution in [1.29, 1.82) is 0 Å². The number of piperidine rings is 1. The Balaban J connectivity index is 1.62. The fourth-order valence-electron chi connectivity index (χ4n) is 2.73. The van der Waals surface area contributed by atoms with E-state index in [1.54, 1.807) is 18.4 Å². The molecule has 122 valence electrons. The van der Waals surface area contributed by atoms with Gasteiger partial charge < -0.3 is 10.1 Å². The SMILES string of the molecule is COCc1ccc(C(=O)Nc2ncc(C3CCNCC3)s2)cc1. The lowest BCUT2D eigenvalue weighted by Crippen LogP contribution is -2.26. The number of ether oxygens (including phenoxy) is 1. The Morgan fingerprint density at radius 1 is 1.35 bits per heavy atom. The Hall–Kier alpha value is -1.76. The van der Waals surface area contributed by atoms with E-state index < -0.39 is 0 Å². The van der Waals surface area contributed by atoms with E-state index in [1.165, 1.54) is 4.88 Å². The molecule has 0 unspecified atom stereocenters. The van der Waals surface area contributed by atoms with Gasteiger partial charge in [-0.05, 0) is 49.5 Å². The number of nitrogens with zero attached hydrogens (tertiary/aromatic N) is 1. The van der Waals surface area contributed by atoms with Crippen LogP contribution in [0.2, 0.25) is 0 Å². The lowest BCUT2D eigenvalue weighted by atomic mass is 9.97. The molecule has 1 aliphatic heterocycles. The molecule has 0 spiro atoms. The lowest BCUT2D eigenvalue weighted by Gasteiger charge is -2.20. The highest BCUT2D eigenvalue weighted by atomic mass is 32.1. The molecule has 1 fully saturated rings. The average Bonchev–Trinajstić information content (AvgIpc) is 3.05. The molecule has 5 nitrogen and oxygen atoms in total. The van der Waals surface area contributed by atoms with Gasteiger partial charge in [-0.1, -0.05) is 12.1 Å². The monoisotopic (exact) mass is 331 g/mol. The number of carbonyl (C=O) groups is 1. The number of thiazole rings is 1. The lowest BCUT2D eigenvalue weighted by molar-refractivity contribution is 0.102. The first-order valence-electron chi connectivity index (χ1n) is 7.82. The van der Waals surface area contributed by atoms with Gasteiger partial charge in [-0.25, -0.2) is 4.98 Å². The molecular formula is C17H21N3O2S. The summed E-state index contributed by atoms with van der Waals surface area (Å²) in [6.45, 7) is 2.66. The number of methoxy groups -OCH3 is 1. The number of hydrogen-bond donors (Lipinski definition) is 2. The zero-order chi connectivity index (χ0) is 16.1. The van der Waals surface area contributed by atoms with Crippen LogP contribution in [0.3, 0.4) is 0 Å². The molecule has 1 aromatic heterocycles. The van der Waals surface area contributed by atoms with Crippen LogP contribution in [0.5, 0.6) is 0 Å². The number of amides is 1. The van der Waals surface area contributed by atoms with Crippen LogP contribution in [-0.2, 0) is 11.3 Å². The van der Waals surface area contributed by atoms with E-state index in [4.69, 9.17) is 4.74 Å². The Morgan fingerprint density at radius 3 is 2.78 bits per heavy atom. The van der Waals surface area contributed by atoms with E-state index in [0.29, 0.717) is 23.2 Å². The van der Waals surface area contributed by atoms with Crippen molar-refractivity contribution in [3.8, 4) is 0 Å². The summed E-state index contributed by atoms with van der Waals surface area (Å²) < 4.78 is 5.07. The summed E-state index contributed by atoms with van der Waals surface area (Å²) >= 11 is 1.58. The first-order chi connectivity index (χ1) is 11.3. The van der Waals surface area contributed by atoms with E-state index >= 15 is 0 Å². The number of rotatable bonds is 5. The first kappa shape index (κ1) is 16.1. The normalized spacial score (nSPS) is 15.5. The van der Waals surface area contributed by atoms with Crippen molar-refractivity contribution in [2.45, 2.75) is 25.4 Å². The van der Waals surface area contributed by atoms with Gasteiger partial charge in [0.2, 0.25) is 0 Å². The molecule has 0 radical (unpaired) electrons. The fourth-order valence-corrected chi connectivity index (χ4v) is 3.71. The van der Waals surface area contributed by atoms with E-state index in [-0.39, 0.29) is 5.91 Å². The standard InChI is InChI=1S/C17H21N3O2S/c1-22-11-12-2-4-14(5-3-12)16(21)20-17-19-10-15(23-17)13-6-8-18-9-7-13/h2-5,10,13,18H,6-9,11H2,1H3,(H,19,20,21). The number of hydrogen-bond acceptors (Lipinski definition) is 5. The van der Waals surface area contributed by atoms with Gasteiger partial charge in [0.1, 0.15) is 0 Å². The quantitative estimate of drug-likeness (QED) is 0.884. The van der Waals surface area contributed by atoms with E-state index in [2.05, 4.69) is 15.6 Å². The second-order valence-electron chi connectivity index (χ2n) is 5.68. The van der Waals surface area contributed by atoms with E-state index in [1.807, 2.05) is 30.5 Å². The highest BCUT2D eigenvalue weighted by Crippen LogP contribution is 2.31. The van der Waals surface area contributed by atoms with Gasteiger partial charge in [-0.15, -0.1) is 11.3 Å². The fraction of sp³-hybridized carbons (Fsp3) is 0.412. The predicted octanol–water partition coefficient (Wildman–Crippen LogP) is 3.01. The molecule has 0 bridgehead atoms. The molecule has 1 saturated heterocycles. The Kier molecular flexibility index (Phi) is 5.38. The van der Waals surface area contributed by atoms with Crippen molar-refractivity contribution in [2.24, 2.45) is 0 Å². The third-order valence-electron chi connectivity index (χ3n) is 4.01. The number of nitrogens with one attached hydrogen (secondary N) is 2. The van der Waals surface area contributed by atoms with Gasteiger partial charge in [0.05, 0.1) is 6.61 Å². The molecule has 1 amide bonds. The molecule has 1 aromatic carbocycles. The molecule has 2 heterocycles. The van der Waals surface area contributed by atoms with Crippen molar-refractivity contribution in [3.05, 3.63) is 46.5 Å². The minimum absolute atomic E-state index is 0.125. The summed E-state index contributed by atoms with van der Waals surface area (Å²) in [7, 11) is 1.66. The Bertz CT molecular complexity index is 648. The van der Waals surface area contributed by atoms with Crippen molar-refractivity contribution in [2.75, 3.05) is 25.5 Å². The second kappa shape index (κ2) is 7.68. The molecule has 1 aliphatic rings. The Morgan fingerprint density at radius 2 is 2.09 bits per heavy atom. The van der Waals surface area contributed by atoms with Crippen LogP contribution in [-0.4, -0.2) is 31.1 Å². The van der Waals surface area contributed by atoms with Crippen LogP contribution in [0.4, 0.5) is 5.13 Å². The van der Waals surface area contributed by atoms with E-state index in [9.17, 15) is 4.79 Å². The molecule has 2 N–H and O–H groups in total. The van der Waals surface area contributed by atoms with Crippen molar-refractivity contribution in [3.63, 3.8) is 0 Å². The van der Waals surface area contributed by atoms with Gasteiger partial charge in [-0.3, -0.25) is 10.1 Å². The number of carbonyl (C=O) groups excluding carboxylic acids is 1. The zero-order valence-electron chi connectivity index (χ0n) is 13.2. The van der Waals surface area contributed by atoms with Crippen LogP contribution in [0.25, 0.3) is 0 Å². The van der Waals surface area contributed by atoms with Gasteiger partial charge in [0, 0.05) is 23.7 Å². The van der Waals surface area contributed by atoms with Crippen molar-refractivity contribution >= 4 is 22.4 Å². The topological polar surface area (TPSA) is 63.2 Å². The van der Waals surface area contributed by atoms with Gasteiger partial charge in [-0.2, -0.15) is 0 Å². The molecule has 0 atom stereocenters. The van der Waals surface area contributed by atoms with Crippen LogP contribution in [0.1, 0.15) is 39.6 Å². The first-order valence-corrected chi connectivity index (χ1v) is 8.63. The smallest absolute Gasteiger partial charge is 0.257 e. The molecular weight excluding hydrogens is 310 g/mol. The van der Waals surface area contributed by atoms with Gasteiger partial charge >= 0.3 is 0 Å². The molecule has 0 saturated carbocycles. The maximum absolute atomic E-state index is 12.3. The number of anilines is 1. The third kappa shape index (κ3) is 4.16. The molecule has 23 heavy (non-hydrogen) atoms.